The maximum atomic E-state index is 12.8. The lowest BCUT2D eigenvalue weighted by atomic mass is 9.81. The third-order valence-corrected chi connectivity index (χ3v) is 7.20. The fourth-order valence-corrected chi connectivity index (χ4v) is 5.65. The molecular weight excluding hydrogens is 384 g/mol. The molecule has 3 atom stereocenters. The summed E-state index contributed by atoms with van der Waals surface area (Å²) in [4.78, 5) is 25.3. The number of amides is 1. The molecule has 1 amide bonds. The van der Waals surface area contributed by atoms with Gasteiger partial charge in [-0.3, -0.25) is 14.8 Å². The maximum absolute atomic E-state index is 12.8. The van der Waals surface area contributed by atoms with Gasteiger partial charge in [0.25, 0.3) is 5.91 Å². The Hall–Kier alpha value is -2.45. The predicted octanol–water partition coefficient (Wildman–Crippen LogP) is 3.49. The van der Waals surface area contributed by atoms with E-state index in [2.05, 4.69) is 49.4 Å². The summed E-state index contributed by atoms with van der Waals surface area (Å²) >= 11 is 1.70. The predicted molar refractivity (Wildman–Crippen MR) is 113 cm³/mol. The van der Waals surface area contributed by atoms with Gasteiger partial charge in [0.15, 0.2) is 5.69 Å². The van der Waals surface area contributed by atoms with Crippen molar-refractivity contribution in [1.82, 2.24) is 30.4 Å². The molecule has 0 aliphatic carbocycles. The van der Waals surface area contributed by atoms with Gasteiger partial charge in [-0.15, -0.1) is 11.3 Å². The van der Waals surface area contributed by atoms with E-state index >= 15 is 0 Å². The van der Waals surface area contributed by atoms with Gasteiger partial charge in [-0.1, -0.05) is 6.42 Å². The van der Waals surface area contributed by atoms with E-state index in [9.17, 15) is 4.79 Å². The Kier molecular flexibility index (Phi) is 4.97. The van der Waals surface area contributed by atoms with Crippen LogP contribution in [0.25, 0.3) is 10.6 Å². The first-order valence-electron chi connectivity index (χ1n) is 10.3. The molecule has 7 nitrogen and oxygen atoms in total. The second-order valence-corrected chi connectivity index (χ2v) is 9.45. The van der Waals surface area contributed by atoms with Gasteiger partial charge in [0.05, 0.1) is 17.1 Å². The average Bonchev–Trinajstić information content (AvgIpc) is 3.43. The van der Waals surface area contributed by atoms with Crippen molar-refractivity contribution in [3.8, 4) is 10.6 Å². The Morgan fingerprint density at radius 2 is 2.14 bits per heavy atom. The van der Waals surface area contributed by atoms with E-state index in [1.54, 1.807) is 11.3 Å². The number of thiophene rings is 1. The van der Waals surface area contributed by atoms with E-state index in [1.807, 2.05) is 18.5 Å². The van der Waals surface area contributed by atoms with Crippen LogP contribution in [0, 0.1) is 6.92 Å². The van der Waals surface area contributed by atoms with Crippen molar-refractivity contribution < 1.29 is 4.79 Å². The number of nitrogens with one attached hydrogen (secondary N) is 3. The van der Waals surface area contributed by atoms with Crippen molar-refractivity contribution in [3.63, 3.8) is 0 Å². The molecule has 3 aromatic heterocycles. The van der Waals surface area contributed by atoms with Gasteiger partial charge in [-0.05, 0) is 50.8 Å². The van der Waals surface area contributed by atoms with Gasteiger partial charge in [-0.25, -0.2) is 4.98 Å². The number of hydrogen-bond acceptors (Lipinski definition) is 5. The maximum Gasteiger partial charge on any atom is 0.272 e. The van der Waals surface area contributed by atoms with Gasteiger partial charge in [-0.2, -0.15) is 5.10 Å². The number of aromatic nitrogens is 4. The molecule has 5 rings (SSSR count). The van der Waals surface area contributed by atoms with Crippen LogP contribution in [0.1, 0.15) is 53.3 Å². The number of carbonyl (C=O) groups is 1. The van der Waals surface area contributed by atoms with Crippen LogP contribution in [0.2, 0.25) is 0 Å². The minimum atomic E-state index is -0.0802. The van der Waals surface area contributed by atoms with Crippen molar-refractivity contribution in [2.75, 3.05) is 0 Å². The first-order chi connectivity index (χ1) is 14.2. The van der Waals surface area contributed by atoms with Crippen LogP contribution in [-0.2, 0) is 6.54 Å². The number of aromatic amines is 2. The number of piperidine rings is 2. The molecule has 2 aliphatic rings. The second kappa shape index (κ2) is 7.76. The molecule has 0 spiro atoms. The monoisotopic (exact) mass is 410 g/mol. The van der Waals surface area contributed by atoms with Crippen LogP contribution in [0.3, 0.4) is 0 Å². The highest BCUT2D eigenvalue weighted by molar-refractivity contribution is 7.15. The van der Waals surface area contributed by atoms with Crippen LogP contribution >= 0.6 is 11.3 Å². The van der Waals surface area contributed by atoms with Crippen LogP contribution in [0.4, 0.5) is 0 Å². The summed E-state index contributed by atoms with van der Waals surface area (Å²) in [7, 11) is 0. The molecule has 29 heavy (non-hydrogen) atoms. The SMILES string of the molecule is Cc1ccc(-c2cc(C(=O)NC3C[C@H]4CCC[C@@H](C3)N4Cc3ncc[nH]3)n[nH]2)s1. The molecule has 0 aromatic carbocycles. The number of imidazole rings is 1. The zero-order chi connectivity index (χ0) is 19.8. The van der Waals surface area contributed by atoms with Crippen LogP contribution in [-0.4, -0.2) is 49.1 Å². The number of fused-ring (bicyclic) bond motifs is 2. The summed E-state index contributed by atoms with van der Waals surface area (Å²) in [5, 5.41) is 10.5. The first-order valence-corrected chi connectivity index (χ1v) is 11.1. The van der Waals surface area contributed by atoms with Gasteiger partial charge in [0, 0.05) is 35.4 Å². The van der Waals surface area contributed by atoms with Crippen LogP contribution < -0.4 is 5.32 Å². The van der Waals surface area contributed by atoms with Crippen LogP contribution in [0.15, 0.2) is 30.6 Å². The molecule has 3 aromatic rings. The van der Waals surface area contributed by atoms with Gasteiger partial charge >= 0.3 is 0 Å². The summed E-state index contributed by atoms with van der Waals surface area (Å²) in [5.74, 6) is 0.945. The molecule has 1 unspecified atom stereocenters. The normalized spacial score (nSPS) is 24.5. The lowest BCUT2D eigenvalue weighted by Crippen LogP contribution is -2.56. The molecule has 8 heteroatoms. The van der Waals surface area contributed by atoms with E-state index in [0.29, 0.717) is 17.8 Å². The smallest absolute Gasteiger partial charge is 0.272 e. The second-order valence-electron chi connectivity index (χ2n) is 8.17. The highest BCUT2D eigenvalue weighted by atomic mass is 32.1. The highest BCUT2D eigenvalue weighted by Gasteiger charge is 2.39. The Morgan fingerprint density at radius 1 is 1.31 bits per heavy atom. The average molecular weight is 411 g/mol. The molecule has 2 fully saturated rings. The first kappa shape index (κ1) is 18.6. The largest absolute Gasteiger partial charge is 0.348 e. The summed E-state index contributed by atoms with van der Waals surface area (Å²) in [5.41, 5.74) is 1.37. The Morgan fingerprint density at radius 3 is 2.83 bits per heavy atom. The zero-order valence-electron chi connectivity index (χ0n) is 16.5. The minimum Gasteiger partial charge on any atom is -0.348 e. The fraction of sp³-hybridized carbons (Fsp3) is 0.476. The molecule has 3 N–H and O–H groups in total. The number of hydrogen-bond donors (Lipinski definition) is 3. The van der Waals surface area contributed by atoms with Crippen molar-refractivity contribution in [1.29, 1.82) is 0 Å². The molecule has 152 valence electrons. The third kappa shape index (κ3) is 3.86. The quantitative estimate of drug-likeness (QED) is 0.601. The molecule has 2 aliphatic heterocycles. The lowest BCUT2D eigenvalue weighted by Gasteiger charge is -2.48. The summed E-state index contributed by atoms with van der Waals surface area (Å²) < 4.78 is 0. The van der Waals surface area contributed by atoms with E-state index in [-0.39, 0.29) is 11.9 Å². The molecule has 5 heterocycles. The minimum absolute atomic E-state index is 0.0802. The number of rotatable bonds is 5. The Bertz CT molecular complexity index is 963. The number of aryl methyl sites for hydroxylation is 1. The topological polar surface area (TPSA) is 89.7 Å². The number of nitrogens with zero attached hydrogens (tertiary/aromatic N) is 3. The van der Waals surface area contributed by atoms with Gasteiger partial charge in [0.1, 0.15) is 5.82 Å². The number of H-pyrrole nitrogens is 2. The molecule has 0 radical (unpaired) electrons. The Balaban J connectivity index is 1.24. The van der Waals surface area contributed by atoms with Crippen molar-refractivity contribution in [2.24, 2.45) is 0 Å². The van der Waals surface area contributed by atoms with E-state index < -0.39 is 0 Å². The Labute approximate surface area is 173 Å². The third-order valence-electron chi connectivity index (χ3n) is 6.16. The standard InChI is InChI=1S/C21H26N6OS/c1-13-5-6-19(29-13)17-11-18(26-25-17)21(28)24-14-9-15-3-2-4-16(10-14)27(15)12-20-22-7-8-23-20/h5-8,11,14-16H,2-4,9-10,12H2,1H3,(H,22,23)(H,24,28)(H,25,26)/t14?,15-,16+. The zero-order valence-corrected chi connectivity index (χ0v) is 17.3. The fourth-order valence-electron chi connectivity index (χ4n) is 4.81. The molecule has 2 saturated heterocycles. The highest BCUT2D eigenvalue weighted by Crippen LogP contribution is 2.35. The molecule has 2 bridgehead atoms. The summed E-state index contributed by atoms with van der Waals surface area (Å²) in [6.07, 6.45) is 9.32. The van der Waals surface area contributed by atoms with E-state index in [4.69, 9.17) is 0 Å². The lowest BCUT2D eigenvalue weighted by molar-refractivity contribution is 0.0159. The van der Waals surface area contributed by atoms with Gasteiger partial charge in [0.2, 0.25) is 0 Å². The van der Waals surface area contributed by atoms with Crippen molar-refractivity contribution in [2.45, 2.75) is 63.7 Å². The summed E-state index contributed by atoms with van der Waals surface area (Å²) in [6.45, 7) is 2.94. The van der Waals surface area contributed by atoms with Crippen molar-refractivity contribution >= 4 is 17.2 Å². The molecule has 0 saturated carbocycles. The summed E-state index contributed by atoms with van der Waals surface area (Å²) in [6, 6.07) is 7.20. The number of carbonyl (C=O) groups excluding carboxylic acids is 1. The van der Waals surface area contributed by atoms with Crippen molar-refractivity contribution in [3.05, 3.63) is 47.0 Å². The molecular formula is C21H26N6OS. The van der Waals surface area contributed by atoms with E-state index in [0.717, 1.165) is 35.8 Å². The van der Waals surface area contributed by atoms with E-state index in [1.165, 1.54) is 24.1 Å². The van der Waals surface area contributed by atoms with Gasteiger partial charge < -0.3 is 10.3 Å². The van der Waals surface area contributed by atoms with Crippen LogP contribution in [0.5, 0.6) is 0 Å².